The summed E-state index contributed by atoms with van der Waals surface area (Å²) in [7, 11) is 0. The fourth-order valence-corrected chi connectivity index (χ4v) is 5.46. The summed E-state index contributed by atoms with van der Waals surface area (Å²) in [5.74, 6) is 0.0487. The van der Waals surface area contributed by atoms with Crippen LogP contribution in [0.5, 0.6) is 0 Å². The van der Waals surface area contributed by atoms with Gasteiger partial charge in [-0.1, -0.05) is 18.2 Å². The molecule has 1 saturated carbocycles. The number of nitrogens with one attached hydrogen (secondary N) is 1. The molecule has 2 atom stereocenters. The average Bonchev–Trinajstić information content (AvgIpc) is 3.54. The second kappa shape index (κ2) is 8.33. The first-order valence-corrected chi connectivity index (χ1v) is 11.5. The van der Waals surface area contributed by atoms with Crippen molar-refractivity contribution in [1.82, 2.24) is 20.0 Å². The first kappa shape index (κ1) is 20.6. The van der Waals surface area contributed by atoms with Crippen molar-refractivity contribution in [3.05, 3.63) is 34.9 Å². The first-order chi connectivity index (χ1) is 15.0. The van der Waals surface area contributed by atoms with Gasteiger partial charge in [-0.15, -0.1) is 0 Å². The molecule has 3 aliphatic heterocycles. The number of nitrogens with two attached hydrogens (primary N) is 1. The summed E-state index contributed by atoms with van der Waals surface area (Å²) in [6, 6.07) is 6.01. The van der Waals surface area contributed by atoms with E-state index in [-0.39, 0.29) is 24.1 Å². The van der Waals surface area contributed by atoms with Gasteiger partial charge in [-0.25, -0.2) is 0 Å². The van der Waals surface area contributed by atoms with Crippen LogP contribution in [0.2, 0.25) is 0 Å². The third-order valence-corrected chi connectivity index (χ3v) is 7.24. The van der Waals surface area contributed by atoms with Crippen LogP contribution in [0.1, 0.15) is 47.2 Å². The molecule has 0 aromatic heterocycles. The van der Waals surface area contributed by atoms with Crippen molar-refractivity contribution in [2.45, 2.75) is 50.9 Å². The number of carbonyl (C=O) groups is 3. The number of nitrogens with zero attached hydrogens (tertiary/aromatic N) is 3. The molecule has 1 aromatic carbocycles. The van der Waals surface area contributed by atoms with Crippen molar-refractivity contribution in [3.8, 4) is 0 Å². The Kier molecular flexibility index (Phi) is 5.54. The van der Waals surface area contributed by atoms with Crippen LogP contribution < -0.4 is 11.1 Å². The molecular formula is C23H31N5O3. The molecule has 0 radical (unpaired) electrons. The van der Waals surface area contributed by atoms with Gasteiger partial charge in [0.2, 0.25) is 11.8 Å². The fraction of sp³-hybridized carbons (Fsp3) is 0.609. The highest BCUT2D eigenvalue weighted by molar-refractivity contribution is 6.05. The third-order valence-electron chi connectivity index (χ3n) is 7.24. The van der Waals surface area contributed by atoms with E-state index in [0.717, 1.165) is 55.3 Å². The normalized spacial score (nSPS) is 27.5. The van der Waals surface area contributed by atoms with Crippen molar-refractivity contribution in [2.75, 3.05) is 32.7 Å². The predicted octanol–water partition coefficient (Wildman–Crippen LogP) is 0.303. The summed E-state index contributed by atoms with van der Waals surface area (Å²) < 4.78 is 0. The van der Waals surface area contributed by atoms with E-state index in [1.54, 1.807) is 4.90 Å². The maximum atomic E-state index is 13.4. The van der Waals surface area contributed by atoms with Crippen LogP contribution in [0.4, 0.5) is 0 Å². The fourth-order valence-electron chi connectivity index (χ4n) is 5.46. The Balaban J connectivity index is 1.34. The minimum Gasteiger partial charge on any atom is -0.329 e. The van der Waals surface area contributed by atoms with Crippen LogP contribution in [0, 0.1) is 5.92 Å². The van der Waals surface area contributed by atoms with Crippen molar-refractivity contribution in [3.63, 3.8) is 0 Å². The van der Waals surface area contributed by atoms with Crippen molar-refractivity contribution >= 4 is 17.7 Å². The second-order valence-corrected chi connectivity index (χ2v) is 9.32. The van der Waals surface area contributed by atoms with Crippen molar-refractivity contribution < 1.29 is 14.4 Å². The summed E-state index contributed by atoms with van der Waals surface area (Å²) in [5.41, 5.74) is 8.57. The van der Waals surface area contributed by atoms with E-state index in [1.807, 2.05) is 12.1 Å². The summed E-state index contributed by atoms with van der Waals surface area (Å²) in [6.07, 6.45) is 3.24. The van der Waals surface area contributed by atoms with E-state index >= 15 is 0 Å². The predicted molar refractivity (Wildman–Crippen MR) is 115 cm³/mol. The molecule has 2 unspecified atom stereocenters. The van der Waals surface area contributed by atoms with Crippen LogP contribution in [-0.4, -0.2) is 77.2 Å². The minimum atomic E-state index is -0.565. The lowest BCUT2D eigenvalue weighted by atomic mass is 10.00. The summed E-state index contributed by atoms with van der Waals surface area (Å²) in [5, 5.41) is 2.38. The van der Waals surface area contributed by atoms with Gasteiger partial charge in [0.1, 0.15) is 6.04 Å². The Morgan fingerprint density at radius 2 is 1.94 bits per heavy atom. The van der Waals surface area contributed by atoms with E-state index < -0.39 is 6.04 Å². The largest absolute Gasteiger partial charge is 0.329 e. The lowest BCUT2D eigenvalue weighted by molar-refractivity contribution is -0.136. The van der Waals surface area contributed by atoms with Crippen molar-refractivity contribution in [1.29, 1.82) is 0 Å². The van der Waals surface area contributed by atoms with Gasteiger partial charge in [0, 0.05) is 63.8 Å². The number of amides is 3. The average molecular weight is 426 g/mol. The lowest BCUT2D eigenvalue weighted by Crippen LogP contribution is -2.54. The lowest BCUT2D eigenvalue weighted by Gasteiger charge is -2.42. The number of piperazine rings is 1. The zero-order valence-corrected chi connectivity index (χ0v) is 17.9. The minimum absolute atomic E-state index is 0.0789. The third kappa shape index (κ3) is 4.00. The number of benzene rings is 1. The topological polar surface area (TPSA) is 99.0 Å². The number of rotatable bonds is 6. The number of hydrogen-bond acceptors (Lipinski definition) is 6. The van der Waals surface area contributed by atoms with Gasteiger partial charge in [-0.3, -0.25) is 29.5 Å². The second-order valence-electron chi connectivity index (χ2n) is 9.32. The Labute approximate surface area is 182 Å². The number of carbonyl (C=O) groups excluding carboxylic acids is 3. The summed E-state index contributed by atoms with van der Waals surface area (Å²) in [4.78, 5) is 43.9. The molecule has 8 nitrogen and oxygen atoms in total. The maximum absolute atomic E-state index is 13.4. The van der Waals surface area contributed by atoms with E-state index in [1.165, 1.54) is 12.8 Å². The van der Waals surface area contributed by atoms with Crippen LogP contribution in [0.15, 0.2) is 18.2 Å². The molecule has 2 saturated heterocycles. The van der Waals surface area contributed by atoms with Crippen LogP contribution in [0.25, 0.3) is 0 Å². The molecule has 31 heavy (non-hydrogen) atoms. The van der Waals surface area contributed by atoms with Gasteiger partial charge >= 0.3 is 0 Å². The number of hydrogen-bond donors (Lipinski definition) is 2. The first-order valence-electron chi connectivity index (χ1n) is 11.5. The molecular weight excluding hydrogens is 394 g/mol. The van der Waals surface area contributed by atoms with Crippen LogP contribution >= 0.6 is 0 Å². The molecule has 3 N–H and O–H groups in total. The number of imide groups is 1. The quantitative estimate of drug-likeness (QED) is 0.636. The molecule has 1 aliphatic carbocycles. The van der Waals surface area contributed by atoms with Crippen LogP contribution in [-0.2, 0) is 22.7 Å². The van der Waals surface area contributed by atoms with E-state index in [0.29, 0.717) is 25.6 Å². The number of fused-ring (bicyclic) bond motifs is 1. The van der Waals surface area contributed by atoms with E-state index in [9.17, 15) is 14.4 Å². The number of piperidine rings is 1. The van der Waals surface area contributed by atoms with Gasteiger partial charge in [0.05, 0.1) is 0 Å². The molecule has 4 aliphatic rings. The molecule has 0 spiro atoms. The molecule has 3 fully saturated rings. The Hall–Kier alpha value is -2.29. The van der Waals surface area contributed by atoms with Gasteiger partial charge in [-0.05, 0) is 36.3 Å². The Morgan fingerprint density at radius 3 is 2.68 bits per heavy atom. The Morgan fingerprint density at radius 1 is 1.10 bits per heavy atom. The molecule has 3 heterocycles. The summed E-state index contributed by atoms with van der Waals surface area (Å²) in [6.45, 7) is 5.86. The highest BCUT2D eigenvalue weighted by Gasteiger charge is 2.42. The molecule has 166 valence electrons. The molecule has 3 amide bonds. The SMILES string of the molecule is NCCN1CCN(Cc2cccc3c2C(=O)N(C2CCC(=O)NC2=O)C3)C(C2CC2)C1. The Bertz CT molecular complexity index is 899. The van der Waals surface area contributed by atoms with Gasteiger partial charge in [0.25, 0.3) is 5.91 Å². The van der Waals surface area contributed by atoms with E-state index in [4.69, 9.17) is 5.73 Å². The zero-order valence-electron chi connectivity index (χ0n) is 17.9. The van der Waals surface area contributed by atoms with Gasteiger partial charge < -0.3 is 10.6 Å². The monoisotopic (exact) mass is 425 g/mol. The highest BCUT2D eigenvalue weighted by Crippen LogP contribution is 2.38. The molecule has 0 bridgehead atoms. The highest BCUT2D eigenvalue weighted by atomic mass is 16.2. The van der Waals surface area contributed by atoms with Gasteiger partial charge in [0.15, 0.2) is 0 Å². The summed E-state index contributed by atoms with van der Waals surface area (Å²) >= 11 is 0. The van der Waals surface area contributed by atoms with Gasteiger partial charge in [-0.2, -0.15) is 0 Å². The molecule has 5 rings (SSSR count). The standard InChI is InChI=1S/C23H31N5O3/c24-8-9-26-10-11-27(19(14-26)15-4-5-15)12-16-2-1-3-17-13-28(23(31)21(16)17)18-6-7-20(29)25-22(18)30/h1-3,15,18-19H,4-14,24H2,(H,25,29,30). The molecule has 8 heteroatoms. The maximum Gasteiger partial charge on any atom is 0.255 e. The van der Waals surface area contributed by atoms with E-state index in [2.05, 4.69) is 21.2 Å². The molecule has 1 aromatic rings. The van der Waals surface area contributed by atoms with Crippen molar-refractivity contribution in [2.24, 2.45) is 11.7 Å². The van der Waals surface area contributed by atoms with Crippen LogP contribution in [0.3, 0.4) is 0 Å². The zero-order chi connectivity index (χ0) is 21.5. The smallest absolute Gasteiger partial charge is 0.255 e.